The number of anilines is 1. The molecule has 1 aromatic rings. The minimum atomic E-state index is -0.482. The Morgan fingerprint density at radius 1 is 1.53 bits per heavy atom. The molecule has 1 aliphatic heterocycles. The van der Waals surface area contributed by atoms with Gasteiger partial charge >= 0.3 is 0 Å². The topological polar surface area (TPSA) is 46.3 Å². The van der Waals surface area contributed by atoms with Crippen LogP contribution in [0.25, 0.3) is 0 Å². The maximum atomic E-state index is 13.6. The standard InChI is InChI=1S/C11H13FN2O/c1-7-3-2-4-8(12)10(7)14-6-5-9(13)11(14)15/h2-4,9H,5-6,13H2,1H3. The molecule has 0 aliphatic carbocycles. The summed E-state index contributed by atoms with van der Waals surface area (Å²) in [5.41, 5.74) is 6.72. The van der Waals surface area contributed by atoms with Crippen molar-refractivity contribution in [2.45, 2.75) is 19.4 Å². The fraction of sp³-hybridized carbons (Fsp3) is 0.364. The molecule has 4 heteroatoms. The summed E-state index contributed by atoms with van der Waals surface area (Å²) in [6.45, 7) is 2.29. The van der Waals surface area contributed by atoms with Crippen LogP contribution in [-0.4, -0.2) is 18.5 Å². The van der Waals surface area contributed by atoms with Gasteiger partial charge in [-0.1, -0.05) is 12.1 Å². The van der Waals surface area contributed by atoms with Crippen molar-refractivity contribution in [1.29, 1.82) is 0 Å². The van der Waals surface area contributed by atoms with Crippen LogP contribution in [0, 0.1) is 12.7 Å². The molecule has 80 valence electrons. The monoisotopic (exact) mass is 208 g/mol. The average molecular weight is 208 g/mol. The summed E-state index contributed by atoms with van der Waals surface area (Å²) in [6.07, 6.45) is 0.590. The maximum absolute atomic E-state index is 13.6. The van der Waals surface area contributed by atoms with Crippen molar-refractivity contribution in [3.63, 3.8) is 0 Å². The van der Waals surface area contributed by atoms with Gasteiger partial charge in [0.05, 0.1) is 11.7 Å². The normalized spacial score (nSPS) is 21.1. The van der Waals surface area contributed by atoms with E-state index in [9.17, 15) is 9.18 Å². The van der Waals surface area contributed by atoms with Crippen LogP contribution in [0.5, 0.6) is 0 Å². The lowest BCUT2D eigenvalue weighted by Gasteiger charge is -2.19. The first kappa shape index (κ1) is 10.1. The molecular weight excluding hydrogens is 195 g/mol. The van der Waals surface area contributed by atoms with Crippen molar-refractivity contribution in [2.24, 2.45) is 5.73 Å². The number of nitrogens with zero attached hydrogens (tertiary/aromatic N) is 1. The number of carbonyl (C=O) groups excluding carboxylic acids is 1. The molecule has 1 fully saturated rings. The summed E-state index contributed by atoms with van der Waals surface area (Å²) >= 11 is 0. The van der Waals surface area contributed by atoms with Gasteiger partial charge in [0.15, 0.2) is 0 Å². The quantitative estimate of drug-likeness (QED) is 0.753. The van der Waals surface area contributed by atoms with Gasteiger partial charge in [-0.3, -0.25) is 4.79 Å². The summed E-state index contributed by atoms with van der Waals surface area (Å²) < 4.78 is 13.6. The number of amides is 1. The lowest BCUT2D eigenvalue weighted by molar-refractivity contribution is -0.118. The lowest BCUT2D eigenvalue weighted by atomic mass is 10.2. The third-order valence-corrected chi connectivity index (χ3v) is 2.71. The Kier molecular flexibility index (Phi) is 2.44. The van der Waals surface area contributed by atoms with Gasteiger partial charge in [0.25, 0.3) is 0 Å². The van der Waals surface area contributed by atoms with Crippen molar-refractivity contribution < 1.29 is 9.18 Å². The van der Waals surface area contributed by atoms with E-state index in [1.807, 2.05) is 0 Å². The fourth-order valence-corrected chi connectivity index (χ4v) is 1.89. The van der Waals surface area contributed by atoms with Crippen LogP contribution in [0.15, 0.2) is 18.2 Å². The van der Waals surface area contributed by atoms with Gasteiger partial charge in [-0.05, 0) is 25.0 Å². The molecule has 1 aromatic carbocycles. The number of rotatable bonds is 1. The number of para-hydroxylation sites is 1. The Labute approximate surface area is 87.7 Å². The molecule has 3 nitrogen and oxygen atoms in total. The molecule has 1 saturated heterocycles. The van der Waals surface area contributed by atoms with Crippen molar-refractivity contribution in [1.82, 2.24) is 0 Å². The van der Waals surface area contributed by atoms with E-state index in [2.05, 4.69) is 0 Å². The minimum Gasteiger partial charge on any atom is -0.320 e. The van der Waals surface area contributed by atoms with Crippen LogP contribution in [0.4, 0.5) is 10.1 Å². The third-order valence-electron chi connectivity index (χ3n) is 2.71. The van der Waals surface area contributed by atoms with Gasteiger partial charge in [0.2, 0.25) is 5.91 Å². The highest BCUT2D eigenvalue weighted by Crippen LogP contribution is 2.27. The Balaban J connectivity index is 2.42. The smallest absolute Gasteiger partial charge is 0.244 e. The van der Waals surface area contributed by atoms with Crippen LogP contribution in [0.2, 0.25) is 0 Å². The summed E-state index contributed by atoms with van der Waals surface area (Å²) in [7, 11) is 0. The largest absolute Gasteiger partial charge is 0.320 e. The number of nitrogens with two attached hydrogens (primary N) is 1. The van der Waals surface area contributed by atoms with Gasteiger partial charge < -0.3 is 10.6 Å². The first-order chi connectivity index (χ1) is 7.11. The summed E-state index contributed by atoms with van der Waals surface area (Å²) in [5, 5.41) is 0. The van der Waals surface area contributed by atoms with Gasteiger partial charge in [0, 0.05) is 6.54 Å². The van der Waals surface area contributed by atoms with Crippen molar-refractivity contribution in [3.05, 3.63) is 29.6 Å². The van der Waals surface area contributed by atoms with Crippen LogP contribution in [0.1, 0.15) is 12.0 Å². The van der Waals surface area contributed by atoms with E-state index in [4.69, 9.17) is 5.73 Å². The van der Waals surface area contributed by atoms with E-state index >= 15 is 0 Å². The van der Waals surface area contributed by atoms with Crippen LogP contribution < -0.4 is 10.6 Å². The SMILES string of the molecule is Cc1cccc(F)c1N1CCC(N)C1=O. The number of hydrogen-bond donors (Lipinski definition) is 1. The van der Waals surface area contributed by atoms with Gasteiger partial charge in [-0.2, -0.15) is 0 Å². The molecule has 2 rings (SSSR count). The van der Waals surface area contributed by atoms with Crippen molar-refractivity contribution >= 4 is 11.6 Å². The number of carbonyl (C=O) groups is 1. The molecule has 0 bridgehead atoms. The van der Waals surface area contributed by atoms with E-state index in [0.717, 1.165) is 5.56 Å². The van der Waals surface area contributed by atoms with Crippen molar-refractivity contribution in [2.75, 3.05) is 11.4 Å². The minimum absolute atomic E-state index is 0.191. The first-order valence-corrected chi connectivity index (χ1v) is 4.93. The highest BCUT2D eigenvalue weighted by molar-refractivity contribution is 5.99. The fourth-order valence-electron chi connectivity index (χ4n) is 1.89. The Morgan fingerprint density at radius 2 is 2.27 bits per heavy atom. The zero-order valence-corrected chi connectivity index (χ0v) is 8.53. The van der Waals surface area contributed by atoms with Crippen molar-refractivity contribution in [3.8, 4) is 0 Å². The summed E-state index contributed by atoms with van der Waals surface area (Å²) in [4.78, 5) is 13.1. The second kappa shape index (κ2) is 3.62. The van der Waals surface area contributed by atoms with Crippen LogP contribution in [-0.2, 0) is 4.79 Å². The molecule has 15 heavy (non-hydrogen) atoms. The van der Waals surface area contributed by atoms with Crippen LogP contribution in [0.3, 0.4) is 0 Å². The van der Waals surface area contributed by atoms with E-state index in [1.54, 1.807) is 19.1 Å². The Bertz CT molecular complexity index is 385. The number of aryl methyl sites for hydroxylation is 1. The van der Waals surface area contributed by atoms with Gasteiger partial charge in [-0.15, -0.1) is 0 Å². The van der Waals surface area contributed by atoms with Crippen LogP contribution >= 0.6 is 0 Å². The molecule has 1 unspecified atom stereocenters. The number of benzene rings is 1. The Hall–Kier alpha value is -1.42. The molecule has 2 N–H and O–H groups in total. The molecule has 1 amide bonds. The second-order valence-corrected chi connectivity index (χ2v) is 3.79. The highest BCUT2D eigenvalue weighted by Gasteiger charge is 2.31. The first-order valence-electron chi connectivity index (χ1n) is 4.93. The molecule has 1 aliphatic rings. The highest BCUT2D eigenvalue weighted by atomic mass is 19.1. The van der Waals surface area contributed by atoms with E-state index in [0.29, 0.717) is 18.7 Å². The third kappa shape index (κ3) is 1.61. The van der Waals surface area contributed by atoms with E-state index < -0.39 is 6.04 Å². The number of halogens is 1. The number of hydrogen-bond acceptors (Lipinski definition) is 2. The molecular formula is C11H13FN2O. The predicted octanol–water partition coefficient (Wildman–Crippen LogP) is 1.20. The van der Waals surface area contributed by atoms with E-state index in [-0.39, 0.29) is 11.7 Å². The Morgan fingerprint density at radius 3 is 2.80 bits per heavy atom. The predicted molar refractivity (Wildman–Crippen MR) is 56.1 cm³/mol. The molecule has 0 radical (unpaired) electrons. The molecule has 0 spiro atoms. The van der Waals surface area contributed by atoms with E-state index in [1.165, 1.54) is 11.0 Å². The van der Waals surface area contributed by atoms with Gasteiger partial charge in [0.1, 0.15) is 5.82 Å². The lowest BCUT2D eigenvalue weighted by Crippen LogP contribution is -2.34. The summed E-state index contributed by atoms with van der Waals surface area (Å²) in [5.74, 6) is -0.555. The molecule has 0 aromatic heterocycles. The second-order valence-electron chi connectivity index (χ2n) is 3.79. The zero-order chi connectivity index (χ0) is 11.0. The zero-order valence-electron chi connectivity index (χ0n) is 8.53. The molecule has 1 heterocycles. The maximum Gasteiger partial charge on any atom is 0.244 e. The average Bonchev–Trinajstić information content (AvgIpc) is 2.49. The summed E-state index contributed by atoms with van der Waals surface area (Å²) in [6, 6.07) is 4.30. The molecule has 1 atom stereocenters. The molecule has 0 saturated carbocycles. The van der Waals surface area contributed by atoms with Gasteiger partial charge in [-0.25, -0.2) is 4.39 Å².